The molecule has 1 aromatic carbocycles. The lowest BCUT2D eigenvalue weighted by atomic mass is 10.3. The minimum absolute atomic E-state index is 0.0542. The predicted molar refractivity (Wildman–Crippen MR) is 50.7 cm³/mol. The van der Waals surface area contributed by atoms with Gasteiger partial charge in [0.05, 0.1) is 16.3 Å². The van der Waals surface area contributed by atoms with Crippen LogP contribution < -0.4 is 0 Å². The smallest absolute Gasteiger partial charge is 0.254 e. The lowest BCUT2D eigenvalue weighted by Crippen LogP contribution is -2.10. The van der Waals surface area contributed by atoms with Crippen molar-refractivity contribution in [1.29, 1.82) is 5.26 Å². The van der Waals surface area contributed by atoms with E-state index in [4.69, 9.17) is 5.26 Å². The van der Waals surface area contributed by atoms with Crippen LogP contribution in [0.25, 0.3) is 10.2 Å². The maximum absolute atomic E-state index is 11.3. The Kier molecular flexibility index (Phi) is 1.87. The lowest BCUT2D eigenvalue weighted by molar-refractivity contribution is 0.0935. The van der Waals surface area contributed by atoms with Gasteiger partial charge in [0.25, 0.3) is 5.91 Å². The van der Waals surface area contributed by atoms with Gasteiger partial charge in [0, 0.05) is 0 Å². The highest BCUT2D eigenvalue weighted by Gasteiger charge is 2.11. The molecule has 0 N–H and O–H groups in total. The molecule has 2 rings (SSSR count). The van der Waals surface area contributed by atoms with Crippen LogP contribution in [-0.4, -0.2) is 9.86 Å². The second-order valence-corrected chi connectivity index (χ2v) is 3.57. The molecule has 4 heteroatoms. The number of hydrogen-bond acceptors (Lipinski definition) is 3. The summed E-state index contributed by atoms with van der Waals surface area (Å²) in [5.74, 6) is -0.147. The lowest BCUT2D eigenvalue weighted by Gasteiger charge is -2.10. The van der Waals surface area contributed by atoms with E-state index < -0.39 is 0 Å². The van der Waals surface area contributed by atoms with Crippen LogP contribution in [0, 0.1) is 11.3 Å². The fraction of sp³-hybridized carbons (Fsp3) is 0.111. The Morgan fingerprint density at radius 3 is 3.00 bits per heavy atom. The number of hydrogen-bond donors (Lipinski definition) is 0. The third-order valence-electron chi connectivity index (χ3n) is 1.73. The molecule has 3 nitrogen and oxygen atoms in total. The molecule has 0 unspecified atom stereocenters. The summed E-state index contributed by atoms with van der Waals surface area (Å²) in [6.07, 6.45) is -0.0542. The standard InChI is InChI=1S/C9H6N2OS/c10-6-5-9(12)11-7-3-1-2-4-8(7)13-11/h1-4H,5H2. The van der Waals surface area contributed by atoms with Crippen molar-refractivity contribution in [2.75, 3.05) is 0 Å². The Bertz CT molecular complexity index is 489. The van der Waals surface area contributed by atoms with Gasteiger partial charge in [-0.3, -0.25) is 4.79 Å². The number of fused-ring (bicyclic) bond motifs is 1. The second kappa shape index (κ2) is 3.04. The number of carbonyl (C=O) groups excluding carboxylic acids is 1. The number of aromatic nitrogens is 1. The molecular formula is C9H6N2OS. The molecule has 0 radical (unpaired) electrons. The maximum Gasteiger partial charge on any atom is 0.254 e. The van der Waals surface area contributed by atoms with Crippen molar-refractivity contribution < 1.29 is 4.79 Å². The summed E-state index contributed by atoms with van der Waals surface area (Å²) in [5, 5.41) is 8.35. The average molecular weight is 190 g/mol. The van der Waals surface area contributed by atoms with E-state index in [2.05, 4.69) is 0 Å². The fourth-order valence-electron chi connectivity index (χ4n) is 1.14. The second-order valence-electron chi connectivity index (χ2n) is 2.58. The Balaban J connectivity index is 2.39. The van der Waals surface area contributed by atoms with Crippen LogP contribution in [0.2, 0.25) is 0 Å². The van der Waals surface area contributed by atoms with E-state index in [1.165, 1.54) is 11.5 Å². The monoisotopic (exact) mass is 190 g/mol. The Morgan fingerprint density at radius 2 is 2.31 bits per heavy atom. The predicted octanol–water partition coefficient (Wildman–Crippen LogP) is 2.26. The number of benzene rings is 1. The van der Waals surface area contributed by atoms with Gasteiger partial charge in [0.2, 0.25) is 0 Å². The summed E-state index contributed by atoms with van der Waals surface area (Å²) in [4.78, 5) is 11.3. The van der Waals surface area contributed by atoms with E-state index in [9.17, 15) is 4.79 Å². The zero-order chi connectivity index (χ0) is 9.26. The summed E-state index contributed by atoms with van der Waals surface area (Å²) in [6.45, 7) is 0. The Labute approximate surface area is 79.0 Å². The Hall–Kier alpha value is -1.60. The first kappa shape index (κ1) is 8.02. The first-order valence-corrected chi connectivity index (χ1v) is 4.57. The first-order chi connectivity index (χ1) is 6.33. The van der Waals surface area contributed by atoms with Crippen LogP contribution in [0.3, 0.4) is 0 Å². The molecule has 1 aromatic heterocycles. The van der Waals surface area contributed by atoms with E-state index in [0.717, 1.165) is 10.2 Å². The molecule has 2 aromatic rings. The highest BCUT2D eigenvalue weighted by molar-refractivity contribution is 7.17. The maximum atomic E-state index is 11.3. The van der Waals surface area contributed by atoms with Crippen molar-refractivity contribution in [2.24, 2.45) is 0 Å². The van der Waals surface area contributed by atoms with Crippen LogP contribution in [0.5, 0.6) is 0 Å². The molecule has 0 aliphatic carbocycles. The van der Waals surface area contributed by atoms with Crippen molar-refractivity contribution in [3.63, 3.8) is 0 Å². The third-order valence-corrected chi connectivity index (χ3v) is 2.86. The normalized spacial score (nSPS) is 10.1. The van der Waals surface area contributed by atoms with Gasteiger partial charge in [-0.25, -0.2) is 3.96 Å². The van der Waals surface area contributed by atoms with Gasteiger partial charge in [-0.2, -0.15) is 5.26 Å². The fourth-order valence-corrected chi connectivity index (χ4v) is 2.02. The molecule has 0 spiro atoms. The highest BCUT2D eigenvalue weighted by atomic mass is 32.1. The molecule has 0 aliphatic rings. The molecule has 0 amide bonds. The number of carbonyl (C=O) groups is 1. The largest absolute Gasteiger partial charge is 0.272 e. The number of nitrogens with zero attached hydrogens (tertiary/aromatic N) is 2. The molecule has 13 heavy (non-hydrogen) atoms. The van der Waals surface area contributed by atoms with Gasteiger partial charge in [-0.1, -0.05) is 12.1 Å². The molecule has 64 valence electrons. The van der Waals surface area contributed by atoms with Gasteiger partial charge in [-0.05, 0) is 23.7 Å². The van der Waals surface area contributed by atoms with Gasteiger partial charge in [0.1, 0.15) is 6.42 Å². The summed E-state index contributed by atoms with van der Waals surface area (Å²) in [5.41, 5.74) is 0.910. The molecule has 0 fully saturated rings. The topological polar surface area (TPSA) is 45.8 Å². The van der Waals surface area contributed by atoms with E-state index in [1.54, 1.807) is 3.96 Å². The minimum Gasteiger partial charge on any atom is -0.272 e. The molecular weight excluding hydrogens is 184 g/mol. The Morgan fingerprint density at radius 1 is 1.54 bits per heavy atom. The van der Waals surface area contributed by atoms with Crippen LogP contribution in [0.1, 0.15) is 11.2 Å². The summed E-state index contributed by atoms with van der Waals surface area (Å²) in [7, 11) is 0. The molecule has 1 heterocycles. The molecule has 0 atom stereocenters. The quantitative estimate of drug-likeness (QED) is 0.692. The van der Waals surface area contributed by atoms with Crippen LogP contribution >= 0.6 is 11.5 Å². The summed E-state index contributed by atoms with van der Waals surface area (Å²) >= 11 is 1.38. The number of para-hydroxylation sites is 1. The van der Waals surface area contributed by atoms with Crippen molar-refractivity contribution in [3.8, 4) is 6.07 Å². The first-order valence-electron chi connectivity index (χ1n) is 3.80. The zero-order valence-corrected chi connectivity index (χ0v) is 7.54. The van der Waals surface area contributed by atoms with E-state index in [-0.39, 0.29) is 12.3 Å². The van der Waals surface area contributed by atoms with Crippen LogP contribution in [0.15, 0.2) is 24.3 Å². The van der Waals surface area contributed by atoms with E-state index in [0.29, 0.717) is 0 Å². The molecule has 0 saturated heterocycles. The van der Waals surface area contributed by atoms with Gasteiger partial charge in [0.15, 0.2) is 0 Å². The highest BCUT2D eigenvalue weighted by Crippen LogP contribution is 2.24. The average Bonchev–Trinajstić information content (AvgIpc) is 2.07. The van der Waals surface area contributed by atoms with Crippen LogP contribution in [0.4, 0.5) is 0 Å². The molecule has 0 saturated carbocycles. The SMILES string of the molecule is N#CCC(=O)n1sc2ccccc21. The van der Waals surface area contributed by atoms with Crippen molar-refractivity contribution in [2.45, 2.75) is 6.42 Å². The van der Waals surface area contributed by atoms with Gasteiger partial charge >= 0.3 is 0 Å². The molecule has 0 bridgehead atoms. The van der Waals surface area contributed by atoms with Crippen LogP contribution in [-0.2, 0) is 0 Å². The van der Waals surface area contributed by atoms with E-state index >= 15 is 0 Å². The van der Waals surface area contributed by atoms with E-state index in [1.807, 2.05) is 30.3 Å². The zero-order valence-electron chi connectivity index (χ0n) is 6.73. The van der Waals surface area contributed by atoms with Gasteiger partial charge < -0.3 is 0 Å². The van der Waals surface area contributed by atoms with Crippen molar-refractivity contribution in [3.05, 3.63) is 24.3 Å². The minimum atomic E-state index is -0.147. The summed E-state index contributed by atoms with van der Waals surface area (Å²) < 4.78 is 2.65. The van der Waals surface area contributed by atoms with Crippen molar-refractivity contribution >= 4 is 27.7 Å². The number of nitriles is 1. The van der Waals surface area contributed by atoms with Crippen molar-refractivity contribution in [1.82, 2.24) is 3.96 Å². The third kappa shape index (κ3) is 1.23. The summed E-state index contributed by atoms with van der Waals surface area (Å²) in [6, 6.07) is 9.48. The number of rotatable bonds is 1. The molecule has 0 aliphatic heterocycles. The van der Waals surface area contributed by atoms with Gasteiger partial charge in [-0.15, -0.1) is 0 Å².